The number of likely N-dealkylation sites (tertiary alicyclic amines) is 1. The van der Waals surface area contributed by atoms with E-state index in [-0.39, 0.29) is 12.5 Å². The molecule has 3 rings (SSSR count). The van der Waals surface area contributed by atoms with E-state index in [4.69, 9.17) is 0 Å². The first-order valence-corrected chi connectivity index (χ1v) is 9.18. The summed E-state index contributed by atoms with van der Waals surface area (Å²) in [7, 11) is -3.39. The summed E-state index contributed by atoms with van der Waals surface area (Å²) in [4.78, 5) is 14.5. The van der Waals surface area contributed by atoms with Gasteiger partial charge >= 0.3 is 0 Å². The third-order valence-corrected chi connectivity index (χ3v) is 6.40. The highest BCUT2D eigenvalue weighted by Gasteiger charge is 2.36. The summed E-state index contributed by atoms with van der Waals surface area (Å²) >= 11 is 0. The SMILES string of the molecule is Cc1cccc(C(=O)N2CCC(S(=O)(=O)c3ccccc3)C2)c1. The van der Waals surface area contributed by atoms with Gasteiger partial charge in [-0.3, -0.25) is 4.79 Å². The normalized spacial score (nSPS) is 18.1. The van der Waals surface area contributed by atoms with E-state index in [9.17, 15) is 13.2 Å². The van der Waals surface area contributed by atoms with Crippen molar-refractivity contribution in [1.82, 2.24) is 4.90 Å². The smallest absolute Gasteiger partial charge is 0.253 e. The van der Waals surface area contributed by atoms with Crippen molar-refractivity contribution in [3.8, 4) is 0 Å². The number of nitrogens with zero attached hydrogens (tertiary/aromatic N) is 1. The van der Waals surface area contributed by atoms with Gasteiger partial charge in [0.15, 0.2) is 9.84 Å². The van der Waals surface area contributed by atoms with Crippen LogP contribution in [-0.2, 0) is 9.84 Å². The highest BCUT2D eigenvalue weighted by Crippen LogP contribution is 2.25. The number of carbonyl (C=O) groups is 1. The number of sulfone groups is 1. The summed E-state index contributed by atoms with van der Waals surface area (Å²) in [6, 6.07) is 15.8. The minimum atomic E-state index is -3.39. The maximum Gasteiger partial charge on any atom is 0.253 e. The molecule has 2 aromatic carbocycles. The van der Waals surface area contributed by atoms with Crippen LogP contribution in [0.4, 0.5) is 0 Å². The average molecular weight is 329 g/mol. The van der Waals surface area contributed by atoms with E-state index < -0.39 is 15.1 Å². The summed E-state index contributed by atoms with van der Waals surface area (Å²) in [5, 5.41) is -0.529. The molecule has 1 fully saturated rings. The van der Waals surface area contributed by atoms with Gasteiger partial charge in [0.2, 0.25) is 0 Å². The molecule has 1 unspecified atom stereocenters. The fourth-order valence-corrected chi connectivity index (χ4v) is 4.64. The van der Waals surface area contributed by atoms with Crippen LogP contribution in [0.2, 0.25) is 0 Å². The molecular formula is C18H19NO3S. The molecule has 1 saturated heterocycles. The van der Waals surface area contributed by atoms with Crippen molar-refractivity contribution < 1.29 is 13.2 Å². The van der Waals surface area contributed by atoms with Crippen molar-refractivity contribution >= 4 is 15.7 Å². The standard InChI is InChI=1S/C18H19NO3S/c1-14-6-5-7-15(12-14)18(20)19-11-10-17(13-19)23(21,22)16-8-3-2-4-9-16/h2-9,12,17H,10-11,13H2,1H3. The van der Waals surface area contributed by atoms with E-state index in [1.807, 2.05) is 25.1 Å². The van der Waals surface area contributed by atoms with E-state index in [0.717, 1.165) is 5.56 Å². The molecule has 23 heavy (non-hydrogen) atoms. The van der Waals surface area contributed by atoms with E-state index in [0.29, 0.717) is 23.4 Å². The third kappa shape index (κ3) is 3.15. The summed E-state index contributed by atoms with van der Waals surface area (Å²) in [5.41, 5.74) is 1.63. The van der Waals surface area contributed by atoms with Crippen LogP contribution in [0.1, 0.15) is 22.3 Å². The zero-order chi connectivity index (χ0) is 16.4. The van der Waals surface area contributed by atoms with Crippen LogP contribution in [0.3, 0.4) is 0 Å². The van der Waals surface area contributed by atoms with E-state index in [1.165, 1.54) is 0 Å². The molecule has 1 heterocycles. The van der Waals surface area contributed by atoms with E-state index in [1.54, 1.807) is 41.3 Å². The first kappa shape index (κ1) is 15.7. The molecule has 0 spiro atoms. The molecule has 0 aromatic heterocycles. The van der Waals surface area contributed by atoms with Crippen LogP contribution in [0.5, 0.6) is 0 Å². The lowest BCUT2D eigenvalue weighted by Gasteiger charge is -2.17. The minimum Gasteiger partial charge on any atom is -0.337 e. The summed E-state index contributed by atoms with van der Waals surface area (Å²) in [5.74, 6) is -0.0977. The average Bonchev–Trinajstić information content (AvgIpc) is 3.06. The Hall–Kier alpha value is -2.14. The van der Waals surface area contributed by atoms with Gasteiger partial charge in [0.05, 0.1) is 10.1 Å². The summed E-state index contributed by atoms with van der Waals surface area (Å²) in [6.07, 6.45) is 0.481. The highest BCUT2D eigenvalue weighted by atomic mass is 32.2. The van der Waals surface area contributed by atoms with Crippen LogP contribution in [0.15, 0.2) is 59.5 Å². The predicted molar refractivity (Wildman–Crippen MR) is 89.1 cm³/mol. The van der Waals surface area contributed by atoms with Crippen molar-refractivity contribution in [1.29, 1.82) is 0 Å². The number of hydrogen-bond acceptors (Lipinski definition) is 3. The van der Waals surface area contributed by atoms with Crippen LogP contribution >= 0.6 is 0 Å². The van der Waals surface area contributed by atoms with Crippen molar-refractivity contribution in [2.75, 3.05) is 13.1 Å². The molecule has 0 radical (unpaired) electrons. The molecule has 4 nitrogen and oxygen atoms in total. The quantitative estimate of drug-likeness (QED) is 0.870. The van der Waals surface area contributed by atoms with Crippen LogP contribution in [-0.4, -0.2) is 37.6 Å². The molecular weight excluding hydrogens is 310 g/mol. The molecule has 1 aliphatic rings. The van der Waals surface area contributed by atoms with Crippen LogP contribution < -0.4 is 0 Å². The second-order valence-corrected chi connectivity index (χ2v) is 8.12. The van der Waals surface area contributed by atoms with Gasteiger partial charge in [-0.15, -0.1) is 0 Å². The highest BCUT2D eigenvalue weighted by molar-refractivity contribution is 7.92. The number of carbonyl (C=O) groups excluding carboxylic acids is 1. The Kier molecular flexibility index (Phi) is 4.22. The lowest BCUT2D eigenvalue weighted by atomic mass is 10.1. The largest absolute Gasteiger partial charge is 0.337 e. The van der Waals surface area contributed by atoms with Crippen LogP contribution in [0, 0.1) is 6.92 Å². The number of rotatable bonds is 3. The molecule has 0 aliphatic carbocycles. The molecule has 5 heteroatoms. The first-order chi connectivity index (χ1) is 11.0. The van der Waals surface area contributed by atoms with Gasteiger partial charge in [-0.25, -0.2) is 8.42 Å². The topological polar surface area (TPSA) is 54.5 Å². The first-order valence-electron chi connectivity index (χ1n) is 7.63. The Labute approximate surface area is 136 Å². The number of aryl methyl sites for hydroxylation is 1. The van der Waals surface area contributed by atoms with Gasteiger partial charge in [-0.05, 0) is 37.6 Å². The van der Waals surface area contributed by atoms with Crippen molar-refractivity contribution in [2.45, 2.75) is 23.5 Å². The Morgan fingerprint density at radius 2 is 1.83 bits per heavy atom. The fraction of sp³-hybridized carbons (Fsp3) is 0.278. The maximum atomic E-state index is 12.7. The van der Waals surface area contributed by atoms with Crippen molar-refractivity contribution in [2.24, 2.45) is 0 Å². The van der Waals surface area contributed by atoms with Gasteiger partial charge in [-0.1, -0.05) is 35.9 Å². The zero-order valence-corrected chi connectivity index (χ0v) is 13.8. The second kappa shape index (κ2) is 6.16. The Morgan fingerprint density at radius 3 is 2.52 bits per heavy atom. The second-order valence-electron chi connectivity index (χ2n) is 5.89. The van der Waals surface area contributed by atoms with Gasteiger partial charge < -0.3 is 4.90 Å². The number of amides is 1. The Morgan fingerprint density at radius 1 is 1.09 bits per heavy atom. The molecule has 1 atom stereocenters. The molecule has 0 saturated carbocycles. The van der Waals surface area contributed by atoms with Crippen molar-refractivity contribution in [3.05, 3.63) is 65.7 Å². The van der Waals surface area contributed by atoms with Gasteiger partial charge in [0.25, 0.3) is 5.91 Å². The fourth-order valence-electron chi connectivity index (χ4n) is 2.93. The molecule has 0 bridgehead atoms. The number of hydrogen-bond donors (Lipinski definition) is 0. The van der Waals surface area contributed by atoms with Crippen LogP contribution in [0.25, 0.3) is 0 Å². The monoisotopic (exact) mass is 329 g/mol. The summed E-state index contributed by atoms with van der Waals surface area (Å²) < 4.78 is 25.3. The van der Waals surface area contributed by atoms with Crippen molar-refractivity contribution in [3.63, 3.8) is 0 Å². The number of benzene rings is 2. The predicted octanol–water partition coefficient (Wildman–Crippen LogP) is 2.68. The molecule has 1 amide bonds. The maximum absolute atomic E-state index is 12.7. The lowest BCUT2D eigenvalue weighted by molar-refractivity contribution is 0.0793. The Balaban J connectivity index is 1.77. The molecule has 2 aromatic rings. The zero-order valence-electron chi connectivity index (χ0n) is 13.0. The molecule has 0 N–H and O–H groups in total. The van der Waals surface area contributed by atoms with Gasteiger partial charge in [0, 0.05) is 18.7 Å². The lowest BCUT2D eigenvalue weighted by Crippen LogP contribution is -2.32. The molecule has 1 aliphatic heterocycles. The minimum absolute atomic E-state index is 0.0977. The van der Waals surface area contributed by atoms with E-state index in [2.05, 4.69) is 0 Å². The van der Waals surface area contributed by atoms with Gasteiger partial charge in [-0.2, -0.15) is 0 Å². The Bertz CT molecular complexity index is 815. The molecule has 120 valence electrons. The van der Waals surface area contributed by atoms with E-state index >= 15 is 0 Å². The van der Waals surface area contributed by atoms with Gasteiger partial charge in [0.1, 0.15) is 0 Å². The third-order valence-electron chi connectivity index (χ3n) is 4.21. The summed E-state index contributed by atoms with van der Waals surface area (Å²) in [6.45, 7) is 2.66.